The minimum Gasteiger partial charge on any atom is -0.423 e. The Kier molecular flexibility index (Phi) is 4.44. The molecule has 0 saturated heterocycles. The first kappa shape index (κ1) is 16.3. The molecule has 0 aliphatic carbocycles. The van der Waals surface area contributed by atoms with Gasteiger partial charge in [0.15, 0.2) is 11.6 Å². The van der Waals surface area contributed by atoms with Crippen molar-refractivity contribution < 1.29 is 13.2 Å². The predicted octanol–water partition coefficient (Wildman–Crippen LogP) is 4.23. The van der Waals surface area contributed by atoms with Crippen molar-refractivity contribution in [3.63, 3.8) is 0 Å². The van der Waals surface area contributed by atoms with Crippen LogP contribution in [0.15, 0.2) is 51.7 Å². The molecule has 24 heavy (non-hydrogen) atoms. The van der Waals surface area contributed by atoms with E-state index < -0.39 is 17.3 Å². The Morgan fingerprint density at radius 1 is 1.08 bits per heavy atom. The molecular formula is C19H17F2NO2. The zero-order valence-electron chi connectivity index (χ0n) is 13.4. The number of hydrogen-bond donors (Lipinski definition) is 1. The van der Waals surface area contributed by atoms with Crippen LogP contribution in [0.2, 0.25) is 0 Å². The Hall–Kier alpha value is -2.53. The van der Waals surface area contributed by atoms with Crippen LogP contribution in [0.1, 0.15) is 29.7 Å². The van der Waals surface area contributed by atoms with Gasteiger partial charge in [-0.05, 0) is 48.7 Å². The summed E-state index contributed by atoms with van der Waals surface area (Å²) in [6.45, 7) is 4.19. The van der Waals surface area contributed by atoms with Crippen molar-refractivity contribution in [3.05, 3.63) is 81.2 Å². The quantitative estimate of drug-likeness (QED) is 0.728. The van der Waals surface area contributed by atoms with E-state index in [1.54, 1.807) is 0 Å². The lowest BCUT2D eigenvalue weighted by atomic mass is 10.1. The van der Waals surface area contributed by atoms with Crippen LogP contribution >= 0.6 is 0 Å². The summed E-state index contributed by atoms with van der Waals surface area (Å²) in [7, 11) is 0. The van der Waals surface area contributed by atoms with E-state index in [-0.39, 0.29) is 6.04 Å². The van der Waals surface area contributed by atoms with Crippen molar-refractivity contribution in [1.82, 2.24) is 5.32 Å². The van der Waals surface area contributed by atoms with Gasteiger partial charge in [-0.1, -0.05) is 18.2 Å². The van der Waals surface area contributed by atoms with Crippen molar-refractivity contribution in [3.8, 4) is 0 Å². The van der Waals surface area contributed by atoms with Crippen LogP contribution in [-0.2, 0) is 6.54 Å². The summed E-state index contributed by atoms with van der Waals surface area (Å²) in [5.74, 6) is -1.74. The predicted molar refractivity (Wildman–Crippen MR) is 88.8 cm³/mol. The van der Waals surface area contributed by atoms with Gasteiger partial charge in [0.1, 0.15) is 5.58 Å². The summed E-state index contributed by atoms with van der Waals surface area (Å²) in [4.78, 5) is 11.7. The molecule has 1 atom stereocenters. The van der Waals surface area contributed by atoms with E-state index >= 15 is 0 Å². The third-order valence-corrected chi connectivity index (χ3v) is 4.03. The largest absolute Gasteiger partial charge is 0.423 e. The van der Waals surface area contributed by atoms with Crippen molar-refractivity contribution >= 4 is 11.0 Å². The van der Waals surface area contributed by atoms with Crippen molar-refractivity contribution in [1.29, 1.82) is 0 Å². The lowest BCUT2D eigenvalue weighted by Gasteiger charge is -2.15. The fraction of sp³-hybridized carbons (Fsp3) is 0.211. The average molecular weight is 329 g/mol. The van der Waals surface area contributed by atoms with Crippen LogP contribution in [0.5, 0.6) is 0 Å². The first-order valence-electron chi connectivity index (χ1n) is 7.66. The fourth-order valence-corrected chi connectivity index (χ4v) is 2.65. The van der Waals surface area contributed by atoms with Crippen LogP contribution in [0, 0.1) is 18.6 Å². The highest BCUT2D eigenvalue weighted by atomic mass is 19.2. The van der Waals surface area contributed by atoms with E-state index in [4.69, 9.17) is 4.42 Å². The first-order chi connectivity index (χ1) is 11.4. The third kappa shape index (κ3) is 3.36. The average Bonchev–Trinajstić information content (AvgIpc) is 2.54. The molecule has 0 aliphatic rings. The van der Waals surface area contributed by atoms with Gasteiger partial charge < -0.3 is 9.73 Å². The molecule has 0 spiro atoms. The molecule has 3 nitrogen and oxygen atoms in total. The summed E-state index contributed by atoms with van der Waals surface area (Å²) in [6, 6.07) is 10.7. The van der Waals surface area contributed by atoms with Gasteiger partial charge in [0.2, 0.25) is 0 Å². The second-order valence-electron chi connectivity index (χ2n) is 5.87. The number of aryl methyl sites for hydroxylation is 1. The number of benzene rings is 2. The minimum absolute atomic E-state index is 0.201. The second-order valence-corrected chi connectivity index (χ2v) is 5.87. The fourth-order valence-electron chi connectivity index (χ4n) is 2.65. The van der Waals surface area contributed by atoms with Crippen molar-refractivity contribution in [2.24, 2.45) is 0 Å². The van der Waals surface area contributed by atoms with E-state index in [0.717, 1.165) is 22.6 Å². The van der Waals surface area contributed by atoms with Crippen LogP contribution in [0.4, 0.5) is 8.78 Å². The van der Waals surface area contributed by atoms with Gasteiger partial charge in [-0.15, -0.1) is 0 Å². The standard InChI is InChI=1S/C19H17F2NO2/c1-11-3-5-15-14(9-19(23)24-18(15)7-11)10-22-12(2)13-4-6-16(20)17(21)8-13/h3-9,12,22H,10H2,1-2H3. The Morgan fingerprint density at radius 3 is 2.62 bits per heavy atom. The molecule has 5 heteroatoms. The zero-order valence-corrected chi connectivity index (χ0v) is 13.4. The lowest BCUT2D eigenvalue weighted by Crippen LogP contribution is -2.19. The summed E-state index contributed by atoms with van der Waals surface area (Å²) in [6.07, 6.45) is 0. The minimum atomic E-state index is -0.873. The highest BCUT2D eigenvalue weighted by molar-refractivity contribution is 5.80. The summed E-state index contributed by atoms with van der Waals surface area (Å²) in [5.41, 5.74) is 2.57. The molecule has 1 heterocycles. The topological polar surface area (TPSA) is 42.2 Å². The Labute approximate surface area is 137 Å². The highest BCUT2D eigenvalue weighted by Crippen LogP contribution is 2.20. The van der Waals surface area contributed by atoms with Gasteiger partial charge >= 0.3 is 5.63 Å². The van der Waals surface area contributed by atoms with Crippen molar-refractivity contribution in [2.75, 3.05) is 0 Å². The molecule has 2 aromatic carbocycles. The van der Waals surface area contributed by atoms with E-state index in [2.05, 4.69) is 5.32 Å². The smallest absolute Gasteiger partial charge is 0.336 e. The van der Waals surface area contributed by atoms with Gasteiger partial charge in [-0.2, -0.15) is 0 Å². The van der Waals surface area contributed by atoms with Crippen LogP contribution in [-0.4, -0.2) is 0 Å². The zero-order chi connectivity index (χ0) is 17.3. The van der Waals surface area contributed by atoms with E-state index in [1.807, 2.05) is 32.0 Å². The van der Waals surface area contributed by atoms with Gasteiger partial charge in [0, 0.05) is 24.0 Å². The molecule has 0 radical (unpaired) electrons. The highest BCUT2D eigenvalue weighted by Gasteiger charge is 2.11. The Balaban J connectivity index is 1.85. The maximum absolute atomic E-state index is 13.3. The number of halogens is 2. The van der Waals surface area contributed by atoms with Gasteiger partial charge in [-0.3, -0.25) is 0 Å². The van der Waals surface area contributed by atoms with Gasteiger partial charge in [0.05, 0.1) is 0 Å². The molecular weight excluding hydrogens is 312 g/mol. The lowest BCUT2D eigenvalue weighted by molar-refractivity contribution is 0.500. The monoisotopic (exact) mass is 329 g/mol. The molecule has 0 bridgehead atoms. The summed E-state index contributed by atoms with van der Waals surface area (Å²) >= 11 is 0. The van der Waals surface area contributed by atoms with Crippen molar-refractivity contribution in [2.45, 2.75) is 26.4 Å². The Morgan fingerprint density at radius 2 is 1.88 bits per heavy atom. The number of nitrogens with one attached hydrogen (secondary N) is 1. The third-order valence-electron chi connectivity index (χ3n) is 4.03. The molecule has 1 aromatic heterocycles. The first-order valence-corrected chi connectivity index (χ1v) is 7.66. The Bertz CT molecular complexity index is 950. The van der Waals surface area contributed by atoms with Gasteiger partial charge in [-0.25, -0.2) is 13.6 Å². The summed E-state index contributed by atoms with van der Waals surface area (Å²) < 4.78 is 31.6. The molecule has 0 amide bonds. The number of rotatable bonds is 4. The van der Waals surface area contributed by atoms with E-state index in [0.29, 0.717) is 17.7 Å². The molecule has 124 valence electrons. The summed E-state index contributed by atoms with van der Waals surface area (Å²) in [5, 5.41) is 4.08. The molecule has 1 unspecified atom stereocenters. The molecule has 1 N–H and O–H groups in total. The van der Waals surface area contributed by atoms with E-state index in [9.17, 15) is 13.6 Å². The number of fused-ring (bicyclic) bond motifs is 1. The van der Waals surface area contributed by atoms with Crippen LogP contribution in [0.25, 0.3) is 11.0 Å². The number of hydrogen-bond acceptors (Lipinski definition) is 3. The normalized spacial score (nSPS) is 12.5. The van der Waals surface area contributed by atoms with Crippen LogP contribution in [0.3, 0.4) is 0 Å². The molecule has 0 aliphatic heterocycles. The molecule has 0 fully saturated rings. The van der Waals surface area contributed by atoms with E-state index in [1.165, 1.54) is 18.2 Å². The van der Waals surface area contributed by atoms with Crippen LogP contribution < -0.4 is 10.9 Å². The molecule has 0 saturated carbocycles. The molecule has 3 aromatic rings. The maximum atomic E-state index is 13.3. The van der Waals surface area contributed by atoms with Gasteiger partial charge in [0.25, 0.3) is 0 Å². The molecule has 3 rings (SSSR count). The SMILES string of the molecule is Cc1ccc2c(CNC(C)c3ccc(F)c(F)c3)cc(=O)oc2c1. The maximum Gasteiger partial charge on any atom is 0.336 e. The second kappa shape index (κ2) is 6.53.